The minimum atomic E-state index is -1.17. The van der Waals surface area contributed by atoms with E-state index in [4.69, 9.17) is 11.5 Å². The smallest absolute Gasteiger partial charge is 0.326 e. The van der Waals surface area contributed by atoms with E-state index in [0.29, 0.717) is 37.1 Å². The summed E-state index contributed by atoms with van der Waals surface area (Å²) in [4.78, 5) is 50.9. The highest BCUT2D eigenvalue weighted by Crippen LogP contribution is 2.13. The van der Waals surface area contributed by atoms with Crippen LogP contribution in [-0.4, -0.2) is 76.6 Å². The van der Waals surface area contributed by atoms with Gasteiger partial charge in [-0.2, -0.15) is 11.8 Å². The molecule has 4 atom stereocenters. The quantitative estimate of drug-likeness (QED) is 0.128. The van der Waals surface area contributed by atoms with Crippen molar-refractivity contribution in [2.75, 3.05) is 18.6 Å². The molecular weight excluding hydrogens is 510 g/mol. The number of nitrogens with one attached hydrogen (secondary N) is 3. The van der Waals surface area contributed by atoms with Crippen LogP contribution in [0.3, 0.4) is 0 Å². The summed E-state index contributed by atoms with van der Waals surface area (Å²) in [6, 6.07) is 2.16. The Morgan fingerprint density at radius 2 is 1.47 bits per heavy atom. The molecule has 38 heavy (non-hydrogen) atoms. The number of carboxylic acids is 1. The standard InChI is InChI=1S/C26H43N5O6S/c1-16(2)14-21(30-23(33)19(28)6-4-5-12-27)24(34)31-22(15-17-7-9-18(32)10-8-17)25(35)29-20(26(36)37)11-13-38-3/h7-10,16,19-22,32H,4-6,11-15,27-28H2,1-3H3,(H,29,35)(H,30,33)(H,31,34)(H,36,37). The maximum Gasteiger partial charge on any atom is 0.326 e. The molecule has 11 nitrogen and oxygen atoms in total. The van der Waals surface area contributed by atoms with Crippen LogP contribution in [0.15, 0.2) is 24.3 Å². The molecule has 4 unspecified atom stereocenters. The Balaban J connectivity index is 3.09. The number of thioether (sulfide) groups is 1. The summed E-state index contributed by atoms with van der Waals surface area (Å²) in [7, 11) is 0. The number of benzene rings is 1. The Hall–Kier alpha value is -2.83. The first-order valence-electron chi connectivity index (χ1n) is 12.8. The van der Waals surface area contributed by atoms with Gasteiger partial charge in [-0.05, 0) is 67.9 Å². The van der Waals surface area contributed by atoms with Gasteiger partial charge in [0.05, 0.1) is 6.04 Å². The summed E-state index contributed by atoms with van der Waals surface area (Å²) < 4.78 is 0. The molecule has 0 aliphatic rings. The Bertz CT molecular complexity index is 899. The fourth-order valence-electron chi connectivity index (χ4n) is 3.74. The molecular formula is C26H43N5O6S. The van der Waals surface area contributed by atoms with Crippen LogP contribution in [0, 0.1) is 5.92 Å². The number of phenols is 1. The minimum Gasteiger partial charge on any atom is -0.508 e. The molecule has 0 aromatic heterocycles. The first-order valence-corrected chi connectivity index (χ1v) is 14.2. The van der Waals surface area contributed by atoms with Crippen LogP contribution in [0.5, 0.6) is 5.75 Å². The summed E-state index contributed by atoms with van der Waals surface area (Å²) in [5.74, 6) is -2.25. The van der Waals surface area contributed by atoms with Crippen LogP contribution < -0.4 is 27.4 Å². The van der Waals surface area contributed by atoms with Gasteiger partial charge >= 0.3 is 5.97 Å². The fraction of sp³-hybridized carbons (Fsp3) is 0.615. The first kappa shape index (κ1) is 33.2. The highest BCUT2D eigenvalue weighted by atomic mass is 32.2. The summed E-state index contributed by atoms with van der Waals surface area (Å²) in [6.45, 7) is 4.30. The van der Waals surface area contributed by atoms with E-state index in [1.807, 2.05) is 20.1 Å². The lowest BCUT2D eigenvalue weighted by molar-refractivity contribution is -0.142. The molecule has 3 amide bonds. The van der Waals surface area contributed by atoms with E-state index in [9.17, 15) is 29.4 Å². The Morgan fingerprint density at radius 3 is 2.03 bits per heavy atom. The van der Waals surface area contributed by atoms with E-state index in [0.717, 1.165) is 6.42 Å². The Labute approximate surface area is 228 Å². The van der Waals surface area contributed by atoms with Crippen LogP contribution >= 0.6 is 11.8 Å². The third kappa shape index (κ3) is 12.6. The highest BCUT2D eigenvalue weighted by molar-refractivity contribution is 7.98. The van der Waals surface area contributed by atoms with Crippen LogP contribution in [0.25, 0.3) is 0 Å². The normalized spacial score (nSPS) is 14.3. The Morgan fingerprint density at radius 1 is 0.895 bits per heavy atom. The molecule has 0 saturated carbocycles. The van der Waals surface area contributed by atoms with Crippen molar-refractivity contribution < 1.29 is 29.4 Å². The van der Waals surface area contributed by atoms with Gasteiger partial charge in [0.15, 0.2) is 0 Å². The number of carbonyl (C=O) groups is 4. The van der Waals surface area contributed by atoms with Crippen molar-refractivity contribution in [1.29, 1.82) is 0 Å². The van der Waals surface area contributed by atoms with Crippen LogP contribution in [-0.2, 0) is 25.6 Å². The van der Waals surface area contributed by atoms with Crippen molar-refractivity contribution in [1.82, 2.24) is 16.0 Å². The van der Waals surface area contributed by atoms with Gasteiger partial charge in [-0.25, -0.2) is 4.79 Å². The number of unbranched alkanes of at least 4 members (excludes halogenated alkanes) is 1. The molecule has 12 heteroatoms. The second-order valence-corrected chi connectivity index (χ2v) is 10.7. The molecule has 1 aromatic carbocycles. The molecule has 0 aliphatic heterocycles. The summed E-state index contributed by atoms with van der Waals surface area (Å²) in [6.07, 6.45) is 4.26. The number of aromatic hydroxyl groups is 1. The molecule has 0 radical (unpaired) electrons. The second kappa shape index (κ2) is 17.6. The number of aliphatic carboxylic acids is 1. The Kier molecular flexibility index (Phi) is 15.4. The molecule has 1 rings (SSSR count). The molecule has 0 aliphatic carbocycles. The number of phenolic OH excluding ortho intramolecular Hbond substituents is 1. The summed E-state index contributed by atoms with van der Waals surface area (Å²) >= 11 is 1.46. The molecule has 9 N–H and O–H groups in total. The van der Waals surface area contributed by atoms with Gasteiger partial charge in [0.1, 0.15) is 23.9 Å². The van der Waals surface area contributed by atoms with E-state index in [1.54, 1.807) is 12.1 Å². The van der Waals surface area contributed by atoms with Crippen LogP contribution in [0.2, 0.25) is 0 Å². The van der Waals surface area contributed by atoms with Crippen molar-refractivity contribution in [2.24, 2.45) is 17.4 Å². The van der Waals surface area contributed by atoms with Crippen LogP contribution in [0.1, 0.15) is 51.5 Å². The number of hydrogen-bond acceptors (Lipinski definition) is 8. The molecule has 0 heterocycles. The van der Waals surface area contributed by atoms with Crippen LogP contribution in [0.4, 0.5) is 0 Å². The van der Waals surface area contributed by atoms with Crippen molar-refractivity contribution >= 4 is 35.5 Å². The van der Waals surface area contributed by atoms with E-state index in [-0.39, 0.29) is 24.5 Å². The topological polar surface area (TPSA) is 197 Å². The highest BCUT2D eigenvalue weighted by Gasteiger charge is 2.30. The molecule has 0 saturated heterocycles. The third-order valence-corrected chi connectivity index (χ3v) is 6.52. The number of hydrogen-bond donors (Lipinski definition) is 7. The summed E-state index contributed by atoms with van der Waals surface area (Å²) in [5.41, 5.74) is 12.1. The molecule has 0 fully saturated rings. The fourth-order valence-corrected chi connectivity index (χ4v) is 4.21. The largest absolute Gasteiger partial charge is 0.508 e. The van der Waals surface area contributed by atoms with E-state index in [2.05, 4.69) is 16.0 Å². The van der Waals surface area contributed by atoms with Gasteiger partial charge in [-0.3, -0.25) is 14.4 Å². The average Bonchev–Trinajstić information content (AvgIpc) is 2.86. The van der Waals surface area contributed by atoms with Crippen molar-refractivity contribution in [3.63, 3.8) is 0 Å². The number of carbonyl (C=O) groups excluding carboxylic acids is 3. The van der Waals surface area contributed by atoms with E-state index in [1.165, 1.54) is 23.9 Å². The zero-order valence-electron chi connectivity index (χ0n) is 22.4. The third-order valence-electron chi connectivity index (χ3n) is 5.88. The second-order valence-electron chi connectivity index (χ2n) is 9.69. The SMILES string of the molecule is CSCCC(NC(=O)C(Cc1ccc(O)cc1)NC(=O)C(CC(C)C)NC(=O)C(N)CCCCN)C(=O)O. The van der Waals surface area contributed by atoms with E-state index < -0.39 is 47.9 Å². The zero-order chi connectivity index (χ0) is 28.7. The van der Waals surface area contributed by atoms with Gasteiger partial charge in [0.2, 0.25) is 17.7 Å². The number of nitrogens with two attached hydrogens (primary N) is 2. The van der Waals surface area contributed by atoms with Crippen molar-refractivity contribution in [3.05, 3.63) is 29.8 Å². The molecule has 214 valence electrons. The lowest BCUT2D eigenvalue weighted by atomic mass is 10.00. The van der Waals surface area contributed by atoms with Crippen molar-refractivity contribution in [3.8, 4) is 5.75 Å². The van der Waals surface area contributed by atoms with E-state index >= 15 is 0 Å². The zero-order valence-corrected chi connectivity index (χ0v) is 23.3. The molecule has 0 bridgehead atoms. The number of amides is 3. The number of rotatable bonds is 18. The van der Waals surface area contributed by atoms with Gasteiger partial charge < -0.3 is 37.6 Å². The predicted octanol–water partition coefficient (Wildman–Crippen LogP) is 0.729. The molecule has 0 spiro atoms. The monoisotopic (exact) mass is 553 g/mol. The number of carboxylic acid groups (broad SMARTS) is 1. The van der Waals surface area contributed by atoms with Gasteiger partial charge in [0, 0.05) is 6.42 Å². The first-order chi connectivity index (χ1) is 18.0. The lowest BCUT2D eigenvalue weighted by Crippen LogP contribution is -2.57. The van der Waals surface area contributed by atoms with Gasteiger partial charge in [-0.15, -0.1) is 0 Å². The lowest BCUT2D eigenvalue weighted by Gasteiger charge is -2.26. The molecule has 1 aromatic rings. The maximum atomic E-state index is 13.3. The summed E-state index contributed by atoms with van der Waals surface area (Å²) in [5, 5.41) is 27.1. The maximum absolute atomic E-state index is 13.3. The van der Waals surface area contributed by atoms with Crippen molar-refractivity contribution in [2.45, 2.75) is 76.5 Å². The minimum absolute atomic E-state index is 0.0457. The van der Waals surface area contributed by atoms with Gasteiger partial charge in [-0.1, -0.05) is 32.4 Å². The predicted molar refractivity (Wildman–Crippen MR) is 149 cm³/mol. The average molecular weight is 554 g/mol. The van der Waals surface area contributed by atoms with Gasteiger partial charge in [0.25, 0.3) is 0 Å².